The number of H-pyrrole nitrogens is 1. The smallest absolute Gasteiger partial charge is 0.224 e. The zero-order valence-corrected chi connectivity index (χ0v) is 14.5. The standard InChI is InChI=1S/C15H19BrN4O.ClH/c16-8-3-1-2-7-14(21)19-12-6-4-5-11(9-12)13-10-18-15(17)20-13;/h4-6,9-10H,1-3,7-8H2,(H,19,21)(H3,17,18,20);1H. The number of rotatable bonds is 7. The Hall–Kier alpha value is -1.53. The maximum absolute atomic E-state index is 11.9. The van der Waals surface area contributed by atoms with Gasteiger partial charge in [0, 0.05) is 23.0 Å². The summed E-state index contributed by atoms with van der Waals surface area (Å²) in [5.74, 6) is 0.428. The van der Waals surface area contributed by atoms with Crippen LogP contribution in [0.1, 0.15) is 25.7 Å². The fraction of sp³-hybridized carbons (Fsp3) is 0.333. The molecule has 0 aliphatic heterocycles. The third-order valence-corrected chi connectivity index (χ3v) is 3.65. The number of benzene rings is 1. The molecule has 0 saturated carbocycles. The summed E-state index contributed by atoms with van der Waals surface area (Å²) in [5, 5.41) is 3.91. The molecule has 0 saturated heterocycles. The van der Waals surface area contributed by atoms with Gasteiger partial charge in [0.15, 0.2) is 5.95 Å². The van der Waals surface area contributed by atoms with E-state index in [4.69, 9.17) is 5.73 Å². The molecule has 7 heteroatoms. The summed E-state index contributed by atoms with van der Waals surface area (Å²) in [6, 6.07) is 7.62. The highest BCUT2D eigenvalue weighted by Gasteiger charge is 2.05. The molecule has 0 spiro atoms. The number of hydrogen-bond donors (Lipinski definition) is 3. The van der Waals surface area contributed by atoms with Crippen molar-refractivity contribution in [1.82, 2.24) is 9.97 Å². The first kappa shape index (κ1) is 18.5. The largest absolute Gasteiger partial charge is 0.369 e. The Labute approximate surface area is 144 Å². The number of aromatic nitrogens is 2. The summed E-state index contributed by atoms with van der Waals surface area (Å²) in [7, 11) is 0. The van der Waals surface area contributed by atoms with E-state index in [1.165, 1.54) is 0 Å². The molecule has 1 aromatic carbocycles. The molecule has 22 heavy (non-hydrogen) atoms. The zero-order valence-electron chi connectivity index (χ0n) is 12.1. The average Bonchev–Trinajstić information content (AvgIpc) is 2.91. The normalized spacial score (nSPS) is 10.0. The number of nitrogens with one attached hydrogen (secondary N) is 2. The Kier molecular flexibility index (Phi) is 7.98. The molecule has 4 N–H and O–H groups in total. The van der Waals surface area contributed by atoms with Crippen LogP contribution in [-0.4, -0.2) is 21.2 Å². The summed E-state index contributed by atoms with van der Waals surface area (Å²) in [4.78, 5) is 18.8. The van der Waals surface area contributed by atoms with Crippen LogP contribution in [0.3, 0.4) is 0 Å². The number of unbranched alkanes of at least 4 members (excludes halogenated alkanes) is 2. The van der Waals surface area contributed by atoms with E-state index < -0.39 is 0 Å². The van der Waals surface area contributed by atoms with Crippen LogP contribution in [0, 0.1) is 0 Å². The molecule has 5 nitrogen and oxygen atoms in total. The van der Waals surface area contributed by atoms with Crippen LogP contribution in [0.4, 0.5) is 11.6 Å². The minimum absolute atomic E-state index is 0. The van der Waals surface area contributed by atoms with Crippen molar-refractivity contribution in [2.24, 2.45) is 0 Å². The number of imidazole rings is 1. The fourth-order valence-corrected chi connectivity index (χ4v) is 2.42. The summed E-state index contributed by atoms with van der Waals surface area (Å²) in [6.07, 6.45) is 5.30. The van der Waals surface area contributed by atoms with Gasteiger partial charge >= 0.3 is 0 Å². The molecule has 1 heterocycles. The van der Waals surface area contributed by atoms with Gasteiger partial charge in [-0.25, -0.2) is 4.98 Å². The summed E-state index contributed by atoms with van der Waals surface area (Å²) >= 11 is 3.38. The first-order valence-electron chi connectivity index (χ1n) is 6.96. The second-order valence-electron chi connectivity index (χ2n) is 4.81. The van der Waals surface area contributed by atoms with E-state index >= 15 is 0 Å². The molecule has 0 radical (unpaired) electrons. The van der Waals surface area contributed by atoms with Crippen molar-refractivity contribution in [3.05, 3.63) is 30.5 Å². The highest BCUT2D eigenvalue weighted by molar-refractivity contribution is 9.09. The number of carbonyl (C=O) groups excluding carboxylic acids is 1. The van der Waals surface area contributed by atoms with E-state index in [-0.39, 0.29) is 18.3 Å². The molecule has 2 aromatic rings. The van der Waals surface area contributed by atoms with Crippen LogP contribution >= 0.6 is 28.3 Å². The molecule has 1 aromatic heterocycles. The summed E-state index contributed by atoms with van der Waals surface area (Å²) in [5.41, 5.74) is 8.13. The van der Waals surface area contributed by atoms with E-state index in [9.17, 15) is 4.79 Å². The van der Waals surface area contributed by atoms with Crippen LogP contribution < -0.4 is 11.1 Å². The van der Waals surface area contributed by atoms with E-state index in [1.54, 1.807) is 6.20 Å². The van der Waals surface area contributed by atoms with Crippen molar-refractivity contribution < 1.29 is 4.79 Å². The van der Waals surface area contributed by atoms with Crippen LogP contribution in [0.2, 0.25) is 0 Å². The fourth-order valence-electron chi connectivity index (χ4n) is 2.03. The molecule has 0 unspecified atom stereocenters. The Bertz CT molecular complexity index is 603. The molecule has 0 aliphatic rings. The molecule has 0 aliphatic carbocycles. The van der Waals surface area contributed by atoms with Crippen molar-refractivity contribution in [2.45, 2.75) is 25.7 Å². The van der Waals surface area contributed by atoms with Gasteiger partial charge in [0.25, 0.3) is 0 Å². The van der Waals surface area contributed by atoms with Crippen LogP contribution in [-0.2, 0) is 4.79 Å². The molecule has 120 valence electrons. The van der Waals surface area contributed by atoms with Crippen molar-refractivity contribution in [3.8, 4) is 11.3 Å². The maximum atomic E-state index is 11.9. The Morgan fingerprint density at radius 2 is 2.14 bits per heavy atom. The van der Waals surface area contributed by atoms with Crippen molar-refractivity contribution in [1.29, 1.82) is 0 Å². The van der Waals surface area contributed by atoms with Crippen molar-refractivity contribution in [2.75, 3.05) is 16.4 Å². The minimum atomic E-state index is 0. The van der Waals surface area contributed by atoms with Gasteiger partial charge in [-0.3, -0.25) is 4.79 Å². The number of nitrogens with two attached hydrogens (primary N) is 1. The molecular formula is C15H20BrClN4O. The Balaban J connectivity index is 0.00000242. The first-order valence-corrected chi connectivity index (χ1v) is 8.08. The van der Waals surface area contributed by atoms with Gasteiger partial charge < -0.3 is 16.0 Å². The molecule has 2 rings (SSSR count). The topological polar surface area (TPSA) is 83.8 Å². The number of hydrogen-bond acceptors (Lipinski definition) is 3. The molecule has 0 bridgehead atoms. The SMILES string of the molecule is Cl.Nc1ncc(-c2cccc(NC(=O)CCCCCBr)c2)[nH]1. The van der Waals surface area contributed by atoms with Crippen molar-refractivity contribution >= 4 is 45.9 Å². The second-order valence-corrected chi connectivity index (χ2v) is 5.60. The van der Waals surface area contributed by atoms with Crippen molar-refractivity contribution in [3.63, 3.8) is 0 Å². The van der Waals surface area contributed by atoms with Gasteiger partial charge in [0.1, 0.15) is 0 Å². The van der Waals surface area contributed by atoms with Gasteiger partial charge in [0.2, 0.25) is 5.91 Å². The summed E-state index contributed by atoms with van der Waals surface area (Å²) in [6.45, 7) is 0. The van der Waals surface area contributed by atoms with Crippen LogP contribution in [0.15, 0.2) is 30.5 Å². The monoisotopic (exact) mass is 386 g/mol. The van der Waals surface area contributed by atoms with E-state index in [0.29, 0.717) is 12.4 Å². The number of halogens is 2. The Morgan fingerprint density at radius 1 is 1.32 bits per heavy atom. The lowest BCUT2D eigenvalue weighted by Crippen LogP contribution is -2.11. The lowest BCUT2D eigenvalue weighted by molar-refractivity contribution is -0.116. The molecule has 1 amide bonds. The van der Waals surface area contributed by atoms with Gasteiger partial charge in [-0.1, -0.05) is 34.5 Å². The number of amides is 1. The molecule has 0 fully saturated rings. The van der Waals surface area contributed by atoms with E-state index in [2.05, 4.69) is 31.2 Å². The third-order valence-electron chi connectivity index (χ3n) is 3.09. The predicted octanol–water partition coefficient (Wildman–Crippen LogP) is 3.97. The first-order chi connectivity index (χ1) is 10.2. The minimum Gasteiger partial charge on any atom is -0.369 e. The van der Waals surface area contributed by atoms with E-state index in [0.717, 1.165) is 41.5 Å². The lowest BCUT2D eigenvalue weighted by Gasteiger charge is -2.06. The van der Waals surface area contributed by atoms with Crippen LogP contribution in [0.5, 0.6) is 0 Å². The van der Waals surface area contributed by atoms with Crippen LogP contribution in [0.25, 0.3) is 11.3 Å². The predicted molar refractivity (Wildman–Crippen MR) is 96.6 cm³/mol. The lowest BCUT2D eigenvalue weighted by atomic mass is 10.1. The second kappa shape index (κ2) is 9.48. The third kappa shape index (κ3) is 5.69. The Morgan fingerprint density at radius 3 is 2.82 bits per heavy atom. The zero-order chi connectivity index (χ0) is 15.1. The number of carbonyl (C=O) groups is 1. The van der Waals surface area contributed by atoms with Gasteiger partial charge in [0.05, 0.1) is 11.9 Å². The number of nitrogens with zero attached hydrogens (tertiary/aromatic N) is 1. The van der Waals surface area contributed by atoms with Gasteiger partial charge in [-0.05, 0) is 25.0 Å². The maximum Gasteiger partial charge on any atom is 0.224 e. The highest BCUT2D eigenvalue weighted by atomic mass is 79.9. The number of anilines is 2. The number of aromatic amines is 1. The number of nitrogen functional groups attached to an aromatic ring is 1. The molecule has 0 atom stereocenters. The van der Waals surface area contributed by atoms with Gasteiger partial charge in [-0.2, -0.15) is 0 Å². The highest BCUT2D eigenvalue weighted by Crippen LogP contribution is 2.21. The van der Waals surface area contributed by atoms with E-state index in [1.807, 2.05) is 24.3 Å². The molecular weight excluding hydrogens is 368 g/mol. The quantitative estimate of drug-likeness (QED) is 0.496. The number of alkyl halides is 1. The summed E-state index contributed by atoms with van der Waals surface area (Å²) < 4.78 is 0. The van der Waals surface area contributed by atoms with Gasteiger partial charge in [-0.15, -0.1) is 12.4 Å². The average molecular weight is 388 g/mol.